The molecule has 63 heavy (non-hydrogen) atoms. The fraction of sp³-hybridized carbons (Fsp3) is 0.688. The molecule has 2 aromatic carbocycles. The van der Waals surface area contributed by atoms with Crippen LogP contribution in [0, 0.1) is 0 Å². The van der Waals surface area contributed by atoms with E-state index in [4.69, 9.17) is 27.6 Å². The summed E-state index contributed by atoms with van der Waals surface area (Å²) in [6.45, 7) is 11.2. The van der Waals surface area contributed by atoms with Crippen molar-refractivity contribution in [1.82, 2.24) is 5.32 Å². The first kappa shape index (κ1) is 54.2. The van der Waals surface area contributed by atoms with Gasteiger partial charge < -0.3 is 28.7 Å². The van der Waals surface area contributed by atoms with Crippen molar-refractivity contribution in [3.63, 3.8) is 0 Å². The van der Waals surface area contributed by atoms with Crippen LogP contribution in [0.4, 0.5) is 0 Å². The molecule has 2 N–H and O–H groups in total. The third-order valence-corrected chi connectivity index (χ3v) is 12.1. The number of aryl methyl sites for hydroxylation is 2. The van der Waals surface area contributed by atoms with Gasteiger partial charge in [0.2, 0.25) is 0 Å². The highest BCUT2D eigenvalue weighted by molar-refractivity contribution is 7.80. The number of nitrogens with one attached hydrogen (secondary N) is 1. The van der Waals surface area contributed by atoms with Gasteiger partial charge in [-0.05, 0) is 96.4 Å². The van der Waals surface area contributed by atoms with Gasteiger partial charge in [-0.15, -0.1) is 0 Å². The van der Waals surface area contributed by atoms with Gasteiger partial charge in [0, 0.05) is 12.8 Å². The quantitative estimate of drug-likeness (QED) is 0.0318. The summed E-state index contributed by atoms with van der Waals surface area (Å²) in [5.74, 6) is -1.85. The number of rotatable bonds is 31. The third-order valence-electron chi connectivity index (χ3n) is 10.8. The van der Waals surface area contributed by atoms with Crippen LogP contribution in [0.2, 0.25) is 13.1 Å². The Kier molecular flexibility index (Phi) is 25.2. The molecule has 15 heteroatoms. The molecule has 0 radical (unpaired) electrons. The molecule has 1 aliphatic heterocycles. The Morgan fingerprint density at radius 3 is 1.78 bits per heavy atom. The zero-order chi connectivity index (χ0) is 46.1. The first-order valence-electron chi connectivity index (χ1n) is 23.4. The van der Waals surface area contributed by atoms with E-state index in [1.54, 1.807) is 20.8 Å². The third kappa shape index (κ3) is 23.5. The predicted molar refractivity (Wildman–Crippen MR) is 247 cm³/mol. The summed E-state index contributed by atoms with van der Waals surface area (Å²) in [5, 5.41) is 2.89. The lowest BCUT2D eigenvalue weighted by Gasteiger charge is -2.46. The summed E-state index contributed by atoms with van der Waals surface area (Å²) in [4.78, 5) is 41.4. The van der Waals surface area contributed by atoms with E-state index in [-0.39, 0.29) is 25.9 Å². The Balaban J connectivity index is 1.85. The van der Waals surface area contributed by atoms with E-state index in [2.05, 4.69) is 12.2 Å². The van der Waals surface area contributed by atoms with Crippen molar-refractivity contribution < 1.29 is 54.9 Å². The largest absolute Gasteiger partial charge is 0.457 e. The van der Waals surface area contributed by atoms with Gasteiger partial charge in [-0.1, -0.05) is 125 Å². The summed E-state index contributed by atoms with van der Waals surface area (Å²) in [6.07, 6.45) is 8.39. The van der Waals surface area contributed by atoms with Crippen molar-refractivity contribution in [2.24, 2.45) is 0 Å². The lowest BCUT2D eigenvalue weighted by Crippen LogP contribution is -2.68. The Labute approximate surface area is 379 Å². The molecule has 356 valence electrons. The molecule has 1 heterocycles. The standard InChI is InChI=1S/C48H77NO12SSi/c1-7-8-9-10-11-12-13-14-15-22-33-39(57-41(50)34-25-23-31-37-27-18-16-19-28-37)46(52)49-43-45(59-42(51)35-26-24-32-38-29-20-17-21-30-38)44(60-62(53,54)55)40(36-56-48(2,3)4)58-47(43)61-63(5)6/h16-21,27-30,39-40,43-45,47,63H,7-15,22-26,31-36H2,1-6H3,(H,49,52)(H,53,54,55)/t39?,40-,43-,44-,45-,47?/m1/s1. The molecule has 1 amide bonds. The second-order valence-electron chi connectivity index (χ2n) is 18.0. The molecule has 2 unspecified atom stereocenters. The molecule has 0 bridgehead atoms. The van der Waals surface area contributed by atoms with Crippen molar-refractivity contribution in [3.8, 4) is 0 Å². The second-order valence-corrected chi connectivity index (χ2v) is 21.4. The normalized spacial score (nSPS) is 19.7. The zero-order valence-electron chi connectivity index (χ0n) is 38.8. The average molecular weight is 920 g/mol. The van der Waals surface area contributed by atoms with Crippen molar-refractivity contribution in [2.75, 3.05) is 6.61 Å². The average Bonchev–Trinajstić information content (AvgIpc) is 3.22. The van der Waals surface area contributed by atoms with Gasteiger partial charge in [0.15, 0.2) is 27.5 Å². The summed E-state index contributed by atoms with van der Waals surface area (Å²) < 4.78 is 70.7. The highest BCUT2D eigenvalue weighted by Gasteiger charge is 2.52. The van der Waals surface area contributed by atoms with Crippen LogP contribution in [-0.2, 0) is 65.2 Å². The summed E-state index contributed by atoms with van der Waals surface area (Å²) in [6, 6.07) is 18.5. The van der Waals surface area contributed by atoms with Gasteiger partial charge in [0.05, 0.1) is 12.2 Å². The number of hydrogen-bond donors (Lipinski definition) is 2. The van der Waals surface area contributed by atoms with E-state index >= 15 is 0 Å². The Morgan fingerprint density at radius 2 is 1.27 bits per heavy atom. The monoisotopic (exact) mass is 919 g/mol. The topological polar surface area (TPSA) is 173 Å². The molecule has 1 saturated heterocycles. The highest BCUT2D eigenvalue weighted by Crippen LogP contribution is 2.31. The molecular formula is C48H77NO12SSi. The summed E-state index contributed by atoms with van der Waals surface area (Å²) in [5.41, 5.74) is 1.60. The van der Waals surface area contributed by atoms with E-state index in [0.29, 0.717) is 25.7 Å². The van der Waals surface area contributed by atoms with Crippen LogP contribution >= 0.6 is 0 Å². The van der Waals surface area contributed by atoms with E-state index in [0.717, 1.165) is 50.5 Å². The molecule has 6 atom stereocenters. The van der Waals surface area contributed by atoms with Crippen LogP contribution in [0.25, 0.3) is 0 Å². The van der Waals surface area contributed by atoms with Crippen molar-refractivity contribution >= 4 is 37.3 Å². The number of carbonyl (C=O) groups excluding carboxylic acids is 3. The number of hydrogen-bond acceptors (Lipinski definition) is 11. The van der Waals surface area contributed by atoms with Crippen molar-refractivity contribution in [3.05, 3.63) is 71.8 Å². The molecule has 0 aromatic heterocycles. The maximum absolute atomic E-state index is 14.4. The fourth-order valence-electron chi connectivity index (χ4n) is 7.54. The van der Waals surface area contributed by atoms with Crippen LogP contribution in [-0.4, -0.2) is 88.8 Å². The van der Waals surface area contributed by atoms with Gasteiger partial charge in [0.1, 0.15) is 18.2 Å². The van der Waals surface area contributed by atoms with Crippen molar-refractivity contribution in [2.45, 2.75) is 205 Å². The van der Waals surface area contributed by atoms with Gasteiger partial charge in [-0.2, -0.15) is 8.42 Å². The van der Waals surface area contributed by atoms with Gasteiger partial charge >= 0.3 is 22.3 Å². The lowest BCUT2D eigenvalue weighted by molar-refractivity contribution is -0.254. The number of ether oxygens (including phenoxy) is 4. The lowest BCUT2D eigenvalue weighted by atomic mass is 9.95. The second kappa shape index (κ2) is 29.4. The molecule has 13 nitrogen and oxygen atoms in total. The van der Waals surface area contributed by atoms with Crippen molar-refractivity contribution in [1.29, 1.82) is 0 Å². The smallest absolute Gasteiger partial charge is 0.397 e. The number of amides is 1. The number of benzene rings is 2. The first-order chi connectivity index (χ1) is 30.0. The predicted octanol–water partition coefficient (Wildman–Crippen LogP) is 9.16. The minimum atomic E-state index is -5.15. The molecule has 0 spiro atoms. The number of unbranched alkanes of at least 4 members (excludes halogenated alkanes) is 11. The Bertz CT molecular complexity index is 1690. The van der Waals surface area contributed by atoms with E-state index in [9.17, 15) is 27.4 Å². The first-order valence-corrected chi connectivity index (χ1v) is 27.6. The van der Waals surface area contributed by atoms with Crippen LogP contribution in [0.1, 0.15) is 148 Å². The molecular weight excluding hydrogens is 843 g/mol. The number of carbonyl (C=O) groups is 3. The van der Waals surface area contributed by atoms with Crippen LogP contribution < -0.4 is 5.32 Å². The van der Waals surface area contributed by atoms with Crippen LogP contribution in [0.15, 0.2) is 60.7 Å². The summed E-state index contributed by atoms with van der Waals surface area (Å²) in [7, 11) is -7.12. The van der Waals surface area contributed by atoms with Crippen LogP contribution in [0.3, 0.4) is 0 Å². The van der Waals surface area contributed by atoms with Gasteiger partial charge in [-0.25, -0.2) is 4.18 Å². The molecule has 2 aromatic rings. The minimum absolute atomic E-state index is 0.0136. The molecule has 0 aliphatic carbocycles. The maximum atomic E-state index is 14.4. The summed E-state index contributed by atoms with van der Waals surface area (Å²) >= 11 is 0. The zero-order valence-corrected chi connectivity index (χ0v) is 40.8. The van der Waals surface area contributed by atoms with E-state index in [1.165, 1.54) is 37.7 Å². The maximum Gasteiger partial charge on any atom is 0.397 e. The highest BCUT2D eigenvalue weighted by atomic mass is 32.3. The van der Waals surface area contributed by atoms with Crippen LogP contribution in [0.5, 0.6) is 0 Å². The van der Waals surface area contributed by atoms with E-state index < -0.39 is 79.6 Å². The van der Waals surface area contributed by atoms with Gasteiger partial charge in [-0.3, -0.25) is 18.9 Å². The molecule has 1 fully saturated rings. The fourth-order valence-corrected chi connectivity index (χ4v) is 8.82. The Hall–Kier alpha value is -3.18. The Morgan fingerprint density at radius 1 is 0.746 bits per heavy atom. The van der Waals surface area contributed by atoms with E-state index in [1.807, 2.05) is 73.8 Å². The molecule has 0 saturated carbocycles. The molecule has 1 aliphatic rings. The SMILES string of the molecule is CCCCCCCCCCCCC(OC(=O)CCCCc1ccccc1)C(=O)N[C@H]1C(O[SiH](C)C)O[C@H](COC(C)(C)C)[C@@H](OS(=O)(=O)O)[C@@H]1OC(=O)CCCCc1ccccc1. The number of esters is 2. The van der Waals surface area contributed by atoms with Gasteiger partial charge in [0.25, 0.3) is 5.91 Å². The molecule has 3 rings (SSSR count). The minimum Gasteiger partial charge on any atom is -0.457 e.